The average Bonchev–Trinajstić information content (AvgIpc) is 2.34. The topological polar surface area (TPSA) is 102 Å². The van der Waals surface area contributed by atoms with Crippen LogP contribution < -0.4 is 10.6 Å². The van der Waals surface area contributed by atoms with Crippen LogP contribution in [0.15, 0.2) is 22.7 Å². The van der Waals surface area contributed by atoms with E-state index in [0.29, 0.717) is 10.2 Å². The number of carbonyl (C=O) groups is 2. The predicted molar refractivity (Wildman–Crippen MR) is 81.9 cm³/mol. The van der Waals surface area contributed by atoms with Crippen LogP contribution >= 0.6 is 15.9 Å². The second-order valence-corrected chi connectivity index (χ2v) is 6.45. The third-order valence-corrected chi connectivity index (χ3v) is 3.23. The van der Waals surface area contributed by atoms with E-state index >= 15 is 0 Å². The van der Waals surface area contributed by atoms with Crippen molar-refractivity contribution in [1.29, 1.82) is 5.26 Å². The highest BCUT2D eigenvalue weighted by Gasteiger charge is 2.32. The summed E-state index contributed by atoms with van der Waals surface area (Å²) in [4.78, 5) is 23.2. The lowest BCUT2D eigenvalue weighted by Crippen LogP contribution is -2.50. The Labute approximate surface area is 131 Å². The number of carbonyl (C=O) groups excluding carboxylic acids is 1. The van der Waals surface area contributed by atoms with Gasteiger partial charge in [-0.2, -0.15) is 5.26 Å². The van der Waals surface area contributed by atoms with Gasteiger partial charge in [0, 0.05) is 4.47 Å². The molecule has 0 heterocycles. The quantitative estimate of drug-likeness (QED) is 0.777. The molecule has 6 nitrogen and oxygen atoms in total. The summed E-state index contributed by atoms with van der Waals surface area (Å²) >= 11 is 3.25. The molecule has 0 bridgehead atoms. The van der Waals surface area contributed by atoms with E-state index in [9.17, 15) is 9.59 Å². The number of hydrogen-bond donors (Lipinski definition) is 3. The Morgan fingerprint density at radius 1 is 1.38 bits per heavy atom. The lowest BCUT2D eigenvalue weighted by molar-refractivity contribution is -0.141. The third kappa shape index (κ3) is 4.76. The van der Waals surface area contributed by atoms with Gasteiger partial charge in [0.25, 0.3) is 0 Å². The van der Waals surface area contributed by atoms with Crippen LogP contribution in [0.25, 0.3) is 0 Å². The van der Waals surface area contributed by atoms with Crippen LogP contribution in [0.3, 0.4) is 0 Å². The van der Waals surface area contributed by atoms with Crippen LogP contribution in [-0.2, 0) is 4.79 Å². The van der Waals surface area contributed by atoms with Crippen LogP contribution in [0.4, 0.5) is 10.5 Å². The summed E-state index contributed by atoms with van der Waals surface area (Å²) in [6, 6.07) is 5.04. The second kappa shape index (κ2) is 6.59. The molecule has 0 unspecified atom stereocenters. The molecule has 0 saturated carbocycles. The lowest BCUT2D eigenvalue weighted by Gasteiger charge is -2.27. The minimum Gasteiger partial charge on any atom is -0.480 e. The first-order valence-electron chi connectivity index (χ1n) is 6.15. The van der Waals surface area contributed by atoms with E-state index in [4.69, 9.17) is 10.4 Å². The first-order valence-corrected chi connectivity index (χ1v) is 6.94. The number of nitrogens with zero attached hydrogens (tertiary/aromatic N) is 1. The van der Waals surface area contributed by atoms with Gasteiger partial charge in [0.05, 0.1) is 11.3 Å². The van der Waals surface area contributed by atoms with Crippen molar-refractivity contribution >= 4 is 33.6 Å². The number of rotatable bonds is 3. The maximum Gasteiger partial charge on any atom is 0.326 e. The summed E-state index contributed by atoms with van der Waals surface area (Å²) in [6.45, 7) is 5.14. The number of urea groups is 1. The fraction of sp³-hybridized carbons (Fsp3) is 0.357. The molecule has 1 rings (SSSR count). The van der Waals surface area contributed by atoms with Crippen molar-refractivity contribution in [2.45, 2.75) is 26.8 Å². The van der Waals surface area contributed by atoms with Gasteiger partial charge in [-0.3, -0.25) is 0 Å². The largest absolute Gasteiger partial charge is 0.480 e. The molecule has 0 aliphatic rings. The van der Waals surface area contributed by atoms with Crippen molar-refractivity contribution in [2.75, 3.05) is 5.32 Å². The number of halogens is 1. The van der Waals surface area contributed by atoms with Gasteiger partial charge in [0.2, 0.25) is 0 Å². The Morgan fingerprint density at radius 3 is 2.48 bits per heavy atom. The zero-order valence-corrected chi connectivity index (χ0v) is 13.5. The van der Waals surface area contributed by atoms with Gasteiger partial charge in [-0.25, -0.2) is 9.59 Å². The summed E-state index contributed by atoms with van der Waals surface area (Å²) in [6.07, 6.45) is 0. The van der Waals surface area contributed by atoms with Crippen LogP contribution in [0.5, 0.6) is 0 Å². The van der Waals surface area contributed by atoms with Gasteiger partial charge in [0.15, 0.2) is 0 Å². The van der Waals surface area contributed by atoms with Crippen molar-refractivity contribution in [3.8, 4) is 6.07 Å². The highest BCUT2D eigenvalue weighted by molar-refractivity contribution is 9.10. The van der Waals surface area contributed by atoms with Crippen molar-refractivity contribution in [1.82, 2.24) is 5.32 Å². The van der Waals surface area contributed by atoms with Crippen molar-refractivity contribution in [3.63, 3.8) is 0 Å². The molecule has 0 aliphatic carbocycles. The molecular formula is C14H16BrN3O3. The third-order valence-electron chi connectivity index (χ3n) is 2.74. The van der Waals surface area contributed by atoms with E-state index in [1.807, 2.05) is 6.07 Å². The van der Waals surface area contributed by atoms with Crippen LogP contribution in [0.2, 0.25) is 0 Å². The van der Waals surface area contributed by atoms with Gasteiger partial charge in [0.1, 0.15) is 12.1 Å². The second-order valence-electron chi connectivity index (χ2n) is 5.54. The minimum absolute atomic E-state index is 0.288. The average molecular weight is 354 g/mol. The van der Waals surface area contributed by atoms with Gasteiger partial charge in [-0.1, -0.05) is 36.7 Å². The predicted octanol–water partition coefficient (Wildman–Crippen LogP) is 2.94. The van der Waals surface area contributed by atoms with E-state index in [1.54, 1.807) is 39.0 Å². The van der Waals surface area contributed by atoms with Crippen molar-refractivity contribution in [2.24, 2.45) is 5.41 Å². The molecule has 112 valence electrons. The maximum atomic E-state index is 11.9. The van der Waals surface area contributed by atoms with Crippen molar-refractivity contribution in [3.05, 3.63) is 28.2 Å². The molecule has 0 aromatic heterocycles. The van der Waals surface area contributed by atoms with Crippen LogP contribution in [-0.4, -0.2) is 23.1 Å². The van der Waals surface area contributed by atoms with Crippen LogP contribution in [0.1, 0.15) is 26.3 Å². The summed E-state index contributed by atoms with van der Waals surface area (Å²) in [5.74, 6) is -1.12. The highest BCUT2D eigenvalue weighted by atomic mass is 79.9. The number of carboxylic acid groups (broad SMARTS) is 1. The monoisotopic (exact) mass is 353 g/mol. The number of anilines is 1. The Hall–Kier alpha value is -2.07. The number of carboxylic acids is 1. The fourth-order valence-corrected chi connectivity index (χ4v) is 2.02. The Balaban J connectivity index is 2.90. The van der Waals surface area contributed by atoms with Gasteiger partial charge >= 0.3 is 12.0 Å². The summed E-state index contributed by atoms with van der Waals surface area (Å²) < 4.78 is 0.697. The molecule has 2 amide bonds. The molecule has 0 spiro atoms. The SMILES string of the molecule is CC(C)(C)[C@H](NC(=O)Nc1cc(Br)ccc1C#N)C(=O)O. The highest BCUT2D eigenvalue weighted by Crippen LogP contribution is 2.22. The lowest BCUT2D eigenvalue weighted by atomic mass is 9.87. The summed E-state index contributed by atoms with van der Waals surface area (Å²) in [5.41, 5.74) is -0.0446. The van der Waals surface area contributed by atoms with E-state index < -0.39 is 23.5 Å². The standard InChI is InChI=1S/C14H16BrN3O3/c1-14(2,3)11(12(19)20)18-13(21)17-10-6-9(15)5-4-8(10)7-16/h4-6,11H,1-3H3,(H,19,20)(H2,17,18,21)/t11-/m1/s1. The van der Waals surface area contributed by atoms with Crippen LogP contribution in [0, 0.1) is 16.7 Å². The molecule has 0 saturated heterocycles. The smallest absolute Gasteiger partial charge is 0.326 e. The molecular weight excluding hydrogens is 338 g/mol. The number of aliphatic carboxylic acids is 1. The number of nitrogens with one attached hydrogen (secondary N) is 2. The Bertz CT molecular complexity index is 602. The van der Waals surface area contributed by atoms with Gasteiger partial charge in [-0.15, -0.1) is 0 Å². The molecule has 21 heavy (non-hydrogen) atoms. The molecule has 0 fully saturated rings. The zero-order chi connectivity index (χ0) is 16.2. The first-order chi connectivity index (χ1) is 9.65. The Kier molecular flexibility index (Phi) is 5.33. The fourth-order valence-electron chi connectivity index (χ4n) is 1.66. The van der Waals surface area contributed by atoms with Gasteiger partial charge < -0.3 is 15.7 Å². The van der Waals surface area contributed by atoms with E-state index in [-0.39, 0.29) is 5.56 Å². The number of benzene rings is 1. The number of nitriles is 1. The molecule has 0 radical (unpaired) electrons. The van der Waals surface area contributed by atoms with E-state index in [0.717, 1.165) is 0 Å². The Morgan fingerprint density at radius 2 is 2.00 bits per heavy atom. The molecule has 0 aliphatic heterocycles. The molecule has 1 aromatic rings. The molecule has 3 N–H and O–H groups in total. The summed E-state index contributed by atoms with van der Waals surface area (Å²) in [7, 11) is 0. The first kappa shape index (κ1) is 17.0. The van der Waals surface area contributed by atoms with E-state index in [1.165, 1.54) is 0 Å². The van der Waals surface area contributed by atoms with Gasteiger partial charge in [-0.05, 0) is 23.6 Å². The number of amides is 2. The van der Waals surface area contributed by atoms with E-state index in [2.05, 4.69) is 26.6 Å². The molecule has 1 atom stereocenters. The maximum absolute atomic E-state index is 11.9. The zero-order valence-electron chi connectivity index (χ0n) is 11.9. The summed E-state index contributed by atoms with van der Waals surface area (Å²) in [5, 5.41) is 23.1. The normalized spacial score (nSPS) is 12.1. The number of hydrogen-bond acceptors (Lipinski definition) is 3. The molecule has 7 heteroatoms. The molecule has 1 aromatic carbocycles. The minimum atomic E-state index is -1.12. The van der Waals surface area contributed by atoms with Crippen molar-refractivity contribution < 1.29 is 14.7 Å².